The molecule has 3 rings (SSSR count). The Morgan fingerprint density at radius 1 is 1.38 bits per heavy atom. The van der Waals surface area contributed by atoms with Gasteiger partial charge in [-0.15, -0.1) is 0 Å². The lowest BCUT2D eigenvalue weighted by Crippen LogP contribution is -2.13. The highest BCUT2D eigenvalue weighted by atomic mass is 15.3. The maximum absolute atomic E-state index is 4.44. The average Bonchev–Trinajstić information content (AvgIpc) is 2.72. The van der Waals surface area contributed by atoms with Crippen LogP contribution in [0.25, 0.3) is 0 Å². The average molecular weight is 177 g/mol. The predicted molar refractivity (Wildman–Crippen MR) is 50.7 cm³/mol. The first-order valence-corrected chi connectivity index (χ1v) is 5.18. The van der Waals surface area contributed by atoms with Crippen molar-refractivity contribution in [2.24, 2.45) is 0 Å². The van der Waals surface area contributed by atoms with Crippen molar-refractivity contribution in [1.29, 1.82) is 0 Å². The Kier molecular flexibility index (Phi) is 1.65. The summed E-state index contributed by atoms with van der Waals surface area (Å²) >= 11 is 0. The first-order valence-electron chi connectivity index (χ1n) is 5.18. The van der Waals surface area contributed by atoms with E-state index in [0.29, 0.717) is 6.04 Å². The highest BCUT2D eigenvalue weighted by Gasteiger charge is 2.26. The number of nitrogens with one attached hydrogen (secondary N) is 1. The molecule has 13 heavy (non-hydrogen) atoms. The first-order chi connectivity index (χ1) is 6.43. The second kappa shape index (κ2) is 2.84. The number of nitrogens with zero attached hydrogens (tertiary/aromatic N) is 2. The molecule has 2 aliphatic rings. The van der Waals surface area contributed by atoms with E-state index in [0.717, 1.165) is 19.0 Å². The van der Waals surface area contributed by atoms with Crippen molar-refractivity contribution in [2.75, 3.05) is 13.1 Å². The monoisotopic (exact) mass is 177 g/mol. The summed E-state index contributed by atoms with van der Waals surface area (Å²) in [6, 6.07) is 0.604. The molecule has 0 aromatic carbocycles. The summed E-state index contributed by atoms with van der Waals surface area (Å²) in [5, 5.41) is 7.80. The fourth-order valence-corrected chi connectivity index (χ4v) is 2.05. The molecule has 0 bridgehead atoms. The maximum Gasteiger partial charge on any atom is 0.0655 e. The van der Waals surface area contributed by atoms with Crippen molar-refractivity contribution in [3.63, 3.8) is 0 Å². The molecule has 3 heteroatoms. The Labute approximate surface area is 78.1 Å². The first kappa shape index (κ1) is 7.56. The normalized spacial score (nSPS) is 28.2. The van der Waals surface area contributed by atoms with Crippen LogP contribution in [0.4, 0.5) is 0 Å². The molecule has 1 aliphatic carbocycles. The fourth-order valence-electron chi connectivity index (χ4n) is 2.05. The van der Waals surface area contributed by atoms with Gasteiger partial charge in [0.25, 0.3) is 0 Å². The Balaban J connectivity index is 1.79. The van der Waals surface area contributed by atoms with E-state index in [1.165, 1.54) is 24.8 Å². The lowest BCUT2D eigenvalue weighted by Gasteiger charge is -2.07. The van der Waals surface area contributed by atoms with Gasteiger partial charge in [0, 0.05) is 12.7 Å². The van der Waals surface area contributed by atoms with E-state index in [2.05, 4.69) is 27.5 Å². The molecular formula is C10H15N3. The molecule has 1 saturated carbocycles. The third-order valence-electron chi connectivity index (χ3n) is 3.08. The van der Waals surface area contributed by atoms with Crippen LogP contribution in [-0.4, -0.2) is 22.9 Å². The minimum absolute atomic E-state index is 0.604. The van der Waals surface area contributed by atoms with Gasteiger partial charge in [0.1, 0.15) is 0 Å². The summed E-state index contributed by atoms with van der Waals surface area (Å²) in [5.74, 6) is 0.836. The van der Waals surface area contributed by atoms with Crippen molar-refractivity contribution < 1.29 is 0 Å². The van der Waals surface area contributed by atoms with E-state index in [-0.39, 0.29) is 0 Å². The van der Waals surface area contributed by atoms with Gasteiger partial charge in [-0.2, -0.15) is 5.10 Å². The molecule has 0 amide bonds. The number of hydrogen-bond acceptors (Lipinski definition) is 2. The van der Waals surface area contributed by atoms with Crippen LogP contribution < -0.4 is 5.32 Å². The van der Waals surface area contributed by atoms with Crippen molar-refractivity contribution >= 4 is 0 Å². The van der Waals surface area contributed by atoms with Gasteiger partial charge >= 0.3 is 0 Å². The van der Waals surface area contributed by atoms with E-state index >= 15 is 0 Å². The molecule has 0 radical (unpaired) electrons. The third-order valence-corrected chi connectivity index (χ3v) is 3.08. The van der Waals surface area contributed by atoms with Gasteiger partial charge in [0.05, 0.1) is 12.2 Å². The van der Waals surface area contributed by atoms with Crippen LogP contribution in [0.1, 0.15) is 36.8 Å². The Morgan fingerprint density at radius 3 is 3.00 bits per heavy atom. The summed E-state index contributed by atoms with van der Waals surface area (Å²) in [7, 11) is 0. The predicted octanol–water partition coefficient (Wildman–Crippen LogP) is 1.29. The van der Waals surface area contributed by atoms with Crippen LogP contribution >= 0.6 is 0 Å². The standard InChI is InChI=1S/C10H15N3/c1-2-8(1)9-5-12-13(7-9)10-3-4-11-6-10/h5,7-8,10-11H,1-4,6H2. The molecule has 1 N–H and O–H groups in total. The smallest absolute Gasteiger partial charge is 0.0655 e. The highest BCUT2D eigenvalue weighted by molar-refractivity contribution is 5.17. The van der Waals surface area contributed by atoms with Gasteiger partial charge in [-0.05, 0) is 37.3 Å². The third kappa shape index (κ3) is 1.37. The number of aromatic nitrogens is 2. The Bertz CT molecular complexity index is 295. The van der Waals surface area contributed by atoms with E-state index in [1.54, 1.807) is 0 Å². The zero-order valence-electron chi connectivity index (χ0n) is 7.74. The minimum Gasteiger partial charge on any atom is -0.315 e. The number of hydrogen-bond donors (Lipinski definition) is 1. The molecule has 0 spiro atoms. The quantitative estimate of drug-likeness (QED) is 0.737. The lowest BCUT2D eigenvalue weighted by molar-refractivity contribution is 0.490. The van der Waals surface area contributed by atoms with Crippen LogP contribution in [0.2, 0.25) is 0 Å². The van der Waals surface area contributed by atoms with E-state index < -0.39 is 0 Å². The molecule has 1 unspecified atom stereocenters. The molecule has 1 aromatic rings. The SMILES string of the molecule is c1nn(C2CCNC2)cc1C1CC1. The van der Waals surface area contributed by atoms with E-state index in [4.69, 9.17) is 0 Å². The van der Waals surface area contributed by atoms with Crippen LogP contribution in [-0.2, 0) is 0 Å². The van der Waals surface area contributed by atoms with Crippen LogP contribution in [0.3, 0.4) is 0 Å². The van der Waals surface area contributed by atoms with Gasteiger partial charge < -0.3 is 5.32 Å². The summed E-state index contributed by atoms with van der Waals surface area (Å²) in [6.45, 7) is 2.23. The molecular weight excluding hydrogens is 162 g/mol. The molecule has 1 aromatic heterocycles. The molecule has 1 atom stereocenters. The molecule has 2 fully saturated rings. The molecule has 3 nitrogen and oxygen atoms in total. The molecule has 70 valence electrons. The van der Waals surface area contributed by atoms with E-state index in [9.17, 15) is 0 Å². The Morgan fingerprint density at radius 2 is 2.31 bits per heavy atom. The molecule has 1 saturated heterocycles. The summed E-state index contributed by atoms with van der Waals surface area (Å²) in [5.41, 5.74) is 1.45. The second-order valence-corrected chi connectivity index (χ2v) is 4.17. The van der Waals surface area contributed by atoms with Gasteiger partial charge in [0.15, 0.2) is 0 Å². The topological polar surface area (TPSA) is 29.9 Å². The minimum atomic E-state index is 0.604. The summed E-state index contributed by atoms with van der Waals surface area (Å²) in [6.07, 6.45) is 8.26. The molecule has 1 aliphatic heterocycles. The summed E-state index contributed by atoms with van der Waals surface area (Å²) in [4.78, 5) is 0. The second-order valence-electron chi connectivity index (χ2n) is 4.17. The number of rotatable bonds is 2. The van der Waals surface area contributed by atoms with Crippen LogP contribution in [0.15, 0.2) is 12.4 Å². The van der Waals surface area contributed by atoms with Crippen molar-refractivity contribution in [3.05, 3.63) is 18.0 Å². The van der Waals surface area contributed by atoms with Crippen molar-refractivity contribution in [1.82, 2.24) is 15.1 Å². The lowest BCUT2D eigenvalue weighted by atomic mass is 10.2. The largest absolute Gasteiger partial charge is 0.315 e. The zero-order chi connectivity index (χ0) is 8.67. The van der Waals surface area contributed by atoms with Crippen molar-refractivity contribution in [3.8, 4) is 0 Å². The van der Waals surface area contributed by atoms with Crippen molar-refractivity contribution in [2.45, 2.75) is 31.2 Å². The summed E-state index contributed by atoms with van der Waals surface area (Å²) < 4.78 is 2.15. The van der Waals surface area contributed by atoms with Gasteiger partial charge in [-0.1, -0.05) is 0 Å². The van der Waals surface area contributed by atoms with Crippen LogP contribution in [0.5, 0.6) is 0 Å². The van der Waals surface area contributed by atoms with Crippen LogP contribution in [0, 0.1) is 0 Å². The Hall–Kier alpha value is -0.830. The van der Waals surface area contributed by atoms with Gasteiger partial charge in [0.2, 0.25) is 0 Å². The molecule has 2 heterocycles. The van der Waals surface area contributed by atoms with Gasteiger partial charge in [-0.3, -0.25) is 4.68 Å². The maximum atomic E-state index is 4.44. The highest BCUT2D eigenvalue weighted by Crippen LogP contribution is 2.39. The van der Waals surface area contributed by atoms with E-state index in [1.807, 2.05) is 0 Å². The zero-order valence-corrected chi connectivity index (χ0v) is 7.74. The fraction of sp³-hybridized carbons (Fsp3) is 0.700. The van der Waals surface area contributed by atoms with Gasteiger partial charge in [-0.25, -0.2) is 0 Å².